The highest BCUT2D eigenvalue weighted by molar-refractivity contribution is 14.1. The number of halogens is 1. The molecule has 0 aromatic heterocycles. The number of alkyl halides is 1. The van der Waals surface area contributed by atoms with Crippen LogP contribution in [0.3, 0.4) is 0 Å². The molecular weight excluding hydrogens is 341 g/mol. The van der Waals surface area contributed by atoms with Gasteiger partial charge in [0.05, 0.1) is 0 Å². The first-order chi connectivity index (χ1) is 8.74. The Morgan fingerprint density at radius 1 is 1.22 bits per heavy atom. The molecule has 0 fully saturated rings. The van der Waals surface area contributed by atoms with Gasteiger partial charge in [-0.3, -0.25) is 0 Å². The topological polar surface area (TPSA) is 29.5 Å². The monoisotopic (exact) mass is 361 g/mol. The summed E-state index contributed by atoms with van der Waals surface area (Å²) in [6, 6.07) is 9.74. The van der Waals surface area contributed by atoms with Crippen LogP contribution in [0.4, 0.5) is 4.79 Å². The Labute approximate surface area is 123 Å². The van der Waals surface area contributed by atoms with Gasteiger partial charge in [0.2, 0.25) is 0 Å². The molecule has 0 aliphatic rings. The van der Waals surface area contributed by atoms with E-state index in [2.05, 4.69) is 22.6 Å². The Morgan fingerprint density at radius 2 is 1.94 bits per heavy atom. The summed E-state index contributed by atoms with van der Waals surface area (Å²) in [7, 11) is 1.79. The van der Waals surface area contributed by atoms with E-state index in [1.165, 1.54) is 17.3 Å². The molecule has 0 aliphatic carbocycles. The van der Waals surface area contributed by atoms with Crippen LogP contribution in [-0.2, 0) is 11.3 Å². The smallest absolute Gasteiger partial charge is 0.409 e. The SMILES string of the molecule is CN(CCCCCI)C(=O)OCc1ccccc1. The molecule has 0 atom stereocenters. The second-order valence-corrected chi connectivity index (χ2v) is 5.29. The van der Waals surface area contributed by atoms with E-state index in [0.717, 1.165) is 18.5 Å². The number of rotatable bonds is 7. The molecule has 0 radical (unpaired) electrons. The summed E-state index contributed by atoms with van der Waals surface area (Å²) in [5.41, 5.74) is 1.02. The third-order valence-electron chi connectivity index (χ3n) is 2.64. The molecule has 3 nitrogen and oxygen atoms in total. The number of hydrogen-bond donors (Lipinski definition) is 0. The highest BCUT2D eigenvalue weighted by Crippen LogP contribution is 2.04. The fourth-order valence-electron chi connectivity index (χ4n) is 1.54. The second-order valence-electron chi connectivity index (χ2n) is 4.21. The van der Waals surface area contributed by atoms with Crippen LogP contribution in [0.2, 0.25) is 0 Å². The summed E-state index contributed by atoms with van der Waals surface area (Å²) in [4.78, 5) is 13.3. The van der Waals surface area contributed by atoms with Crippen molar-refractivity contribution in [2.45, 2.75) is 25.9 Å². The fraction of sp³-hybridized carbons (Fsp3) is 0.500. The molecule has 0 aliphatic heterocycles. The Hall–Kier alpha value is -0.780. The normalized spacial score (nSPS) is 10.1. The van der Waals surface area contributed by atoms with Crippen LogP contribution in [0.15, 0.2) is 30.3 Å². The molecule has 0 N–H and O–H groups in total. The van der Waals surface area contributed by atoms with Crippen molar-refractivity contribution in [3.8, 4) is 0 Å². The Kier molecular flexibility index (Phi) is 7.80. The maximum absolute atomic E-state index is 11.7. The van der Waals surface area contributed by atoms with Crippen LogP contribution in [0.1, 0.15) is 24.8 Å². The van der Waals surface area contributed by atoms with Crippen LogP contribution in [-0.4, -0.2) is 29.0 Å². The number of unbranched alkanes of at least 4 members (excludes halogenated alkanes) is 2. The van der Waals surface area contributed by atoms with Crippen LogP contribution in [0.25, 0.3) is 0 Å². The molecule has 0 saturated carbocycles. The van der Waals surface area contributed by atoms with Crippen LogP contribution in [0, 0.1) is 0 Å². The minimum Gasteiger partial charge on any atom is -0.445 e. The van der Waals surface area contributed by atoms with E-state index in [1.807, 2.05) is 30.3 Å². The van der Waals surface area contributed by atoms with E-state index >= 15 is 0 Å². The zero-order valence-corrected chi connectivity index (χ0v) is 12.9. The minimum absolute atomic E-state index is 0.242. The lowest BCUT2D eigenvalue weighted by Crippen LogP contribution is -2.28. The molecule has 18 heavy (non-hydrogen) atoms. The predicted octanol–water partition coefficient (Wildman–Crippen LogP) is 3.86. The molecular formula is C14H20INO2. The molecule has 100 valence electrons. The van der Waals surface area contributed by atoms with Gasteiger partial charge >= 0.3 is 6.09 Å². The summed E-state index contributed by atoms with van der Waals surface area (Å²) in [5.74, 6) is 0. The lowest BCUT2D eigenvalue weighted by molar-refractivity contribution is 0.104. The van der Waals surface area contributed by atoms with Gasteiger partial charge in [0, 0.05) is 13.6 Å². The molecule has 0 saturated heterocycles. The quantitative estimate of drug-likeness (QED) is 0.419. The van der Waals surface area contributed by atoms with E-state index in [-0.39, 0.29) is 6.09 Å². The zero-order chi connectivity index (χ0) is 13.2. The van der Waals surface area contributed by atoms with E-state index in [9.17, 15) is 4.79 Å². The van der Waals surface area contributed by atoms with Crippen molar-refractivity contribution >= 4 is 28.7 Å². The average Bonchev–Trinajstić information content (AvgIpc) is 2.42. The molecule has 1 aromatic rings. The van der Waals surface area contributed by atoms with Crippen molar-refractivity contribution in [2.75, 3.05) is 18.0 Å². The van der Waals surface area contributed by atoms with Gasteiger partial charge < -0.3 is 9.64 Å². The average molecular weight is 361 g/mol. The molecule has 0 spiro atoms. The first kappa shape index (κ1) is 15.3. The van der Waals surface area contributed by atoms with Crippen LogP contribution in [0.5, 0.6) is 0 Å². The number of nitrogens with zero attached hydrogens (tertiary/aromatic N) is 1. The summed E-state index contributed by atoms with van der Waals surface area (Å²) >= 11 is 2.37. The number of amides is 1. The van der Waals surface area contributed by atoms with Gasteiger partial charge in [-0.05, 0) is 22.8 Å². The maximum Gasteiger partial charge on any atom is 0.409 e. The highest BCUT2D eigenvalue weighted by atomic mass is 127. The molecule has 4 heteroatoms. The second kappa shape index (κ2) is 9.19. The Morgan fingerprint density at radius 3 is 2.61 bits per heavy atom. The number of hydrogen-bond acceptors (Lipinski definition) is 2. The molecule has 0 bridgehead atoms. The first-order valence-electron chi connectivity index (χ1n) is 6.22. The van der Waals surface area contributed by atoms with Crippen molar-refractivity contribution in [3.63, 3.8) is 0 Å². The van der Waals surface area contributed by atoms with Crippen molar-refractivity contribution in [1.29, 1.82) is 0 Å². The number of ether oxygens (including phenoxy) is 1. The standard InChI is InChI=1S/C14H20INO2/c1-16(11-7-3-6-10-15)14(17)18-12-13-8-4-2-5-9-13/h2,4-5,8-9H,3,6-7,10-12H2,1H3. The largest absolute Gasteiger partial charge is 0.445 e. The number of carbonyl (C=O) groups is 1. The first-order valence-corrected chi connectivity index (χ1v) is 7.74. The molecule has 1 rings (SSSR count). The highest BCUT2D eigenvalue weighted by Gasteiger charge is 2.09. The Bertz CT molecular complexity index is 343. The van der Waals surface area contributed by atoms with E-state index in [0.29, 0.717) is 6.61 Å². The minimum atomic E-state index is -0.242. The molecule has 0 heterocycles. The Balaban J connectivity index is 2.19. The van der Waals surface area contributed by atoms with Gasteiger partial charge in [0.1, 0.15) is 6.61 Å². The lowest BCUT2D eigenvalue weighted by Gasteiger charge is -2.16. The van der Waals surface area contributed by atoms with E-state index in [1.54, 1.807) is 11.9 Å². The van der Waals surface area contributed by atoms with Crippen molar-refractivity contribution in [1.82, 2.24) is 4.90 Å². The van der Waals surface area contributed by atoms with Crippen molar-refractivity contribution in [2.24, 2.45) is 0 Å². The third-order valence-corrected chi connectivity index (χ3v) is 3.41. The number of benzene rings is 1. The van der Waals surface area contributed by atoms with Gasteiger partial charge in [-0.25, -0.2) is 4.79 Å². The predicted molar refractivity (Wildman–Crippen MR) is 82.0 cm³/mol. The summed E-state index contributed by atoms with van der Waals surface area (Å²) in [6.07, 6.45) is 3.18. The van der Waals surface area contributed by atoms with Crippen LogP contribution < -0.4 is 0 Å². The van der Waals surface area contributed by atoms with E-state index in [4.69, 9.17) is 4.74 Å². The lowest BCUT2D eigenvalue weighted by atomic mass is 10.2. The molecule has 1 aromatic carbocycles. The number of carbonyl (C=O) groups excluding carboxylic acids is 1. The van der Waals surface area contributed by atoms with Crippen molar-refractivity contribution < 1.29 is 9.53 Å². The summed E-state index contributed by atoms with van der Waals surface area (Å²) in [6.45, 7) is 1.11. The van der Waals surface area contributed by atoms with Gasteiger partial charge in [-0.1, -0.05) is 59.3 Å². The van der Waals surface area contributed by atoms with Crippen LogP contribution >= 0.6 is 22.6 Å². The maximum atomic E-state index is 11.7. The zero-order valence-electron chi connectivity index (χ0n) is 10.8. The van der Waals surface area contributed by atoms with Gasteiger partial charge in [0.25, 0.3) is 0 Å². The summed E-state index contributed by atoms with van der Waals surface area (Å²) < 4.78 is 6.41. The van der Waals surface area contributed by atoms with Gasteiger partial charge in [-0.2, -0.15) is 0 Å². The molecule has 1 amide bonds. The third kappa shape index (κ3) is 6.23. The van der Waals surface area contributed by atoms with Gasteiger partial charge in [-0.15, -0.1) is 0 Å². The summed E-state index contributed by atoms with van der Waals surface area (Å²) in [5, 5.41) is 0. The van der Waals surface area contributed by atoms with E-state index < -0.39 is 0 Å². The van der Waals surface area contributed by atoms with Gasteiger partial charge in [0.15, 0.2) is 0 Å². The fourth-order valence-corrected chi connectivity index (χ4v) is 2.08. The molecule has 0 unspecified atom stereocenters. The van der Waals surface area contributed by atoms with Crippen molar-refractivity contribution in [3.05, 3.63) is 35.9 Å².